The number of anilines is 1. The number of carbonyl (C=O) groups is 2. The van der Waals surface area contributed by atoms with Crippen molar-refractivity contribution in [3.05, 3.63) is 53.6 Å². The molecular weight excluding hydrogens is 438 g/mol. The molecule has 0 spiro atoms. The number of fused-ring (bicyclic) bond motifs is 1. The van der Waals surface area contributed by atoms with E-state index in [0.717, 1.165) is 17.3 Å². The Hall–Kier alpha value is -2.38. The number of benzene rings is 2. The van der Waals surface area contributed by atoms with Gasteiger partial charge in [0.05, 0.1) is 18.8 Å². The maximum absolute atomic E-state index is 13.7. The number of methoxy groups -OCH3 is 1. The second-order valence-electron chi connectivity index (χ2n) is 8.73. The summed E-state index contributed by atoms with van der Waals surface area (Å²) in [5.41, 5.74) is 1.95. The van der Waals surface area contributed by atoms with Crippen molar-refractivity contribution >= 4 is 40.9 Å². The minimum absolute atomic E-state index is 0.0422. The van der Waals surface area contributed by atoms with Gasteiger partial charge in [0.2, 0.25) is 0 Å². The summed E-state index contributed by atoms with van der Waals surface area (Å²) in [5.74, 6) is -1.14. The highest BCUT2D eigenvalue weighted by Crippen LogP contribution is 2.55. The number of carboxylic acid groups (broad SMARTS) is 1. The lowest BCUT2D eigenvalue weighted by molar-refractivity contribution is -0.138. The molecule has 0 saturated carbocycles. The molecule has 0 bridgehead atoms. The van der Waals surface area contributed by atoms with Crippen LogP contribution in [0.1, 0.15) is 43.6 Å². The zero-order valence-corrected chi connectivity index (χ0v) is 19.5. The summed E-state index contributed by atoms with van der Waals surface area (Å²) < 4.78 is 3.77. The fraction of sp³-hybridized carbons (Fsp3) is 0.391. The molecule has 1 aliphatic heterocycles. The third-order valence-corrected chi connectivity index (χ3v) is 6.89. The maximum Gasteiger partial charge on any atom is 0.306 e. The number of para-hydroxylation sites is 1. The number of halogens is 1. The van der Waals surface area contributed by atoms with Crippen LogP contribution in [0.3, 0.4) is 0 Å². The number of rotatable bonds is 5. The zero-order valence-electron chi connectivity index (χ0n) is 17.9. The van der Waals surface area contributed by atoms with Crippen LogP contribution in [0.4, 0.5) is 5.69 Å². The second-order valence-corrected chi connectivity index (χ2v) is 11.0. The van der Waals surface area contributed by atoms with Crippen LogP contribution in [0, 0.1) is 5.41 Å². The van der Waals surface area contributed by atoms with Crippen molar-refractivity contribution in [1.82, 2.24) is 0 Å². The molecule has 2 atom stereocenters. The Morgan fingerprint density at radius 1 is 1.23 bits per heavy atom. The van der Waals surface area contributed by atoms with Gasteiger partial charge in [0.15, 0.2) is 4.21 Å². The van der Waals surface area contributed by atoms with Gasteiger partial charge in [-0.1, -0.05) is 56.6 Å². The van der Waals surface area contributed by atoms with E-state index in [0.29, 0.717) is 23.5 Å². The van der Waals surface area contributed by atoms with Gasteiger partial charge in [0.25, 0.3) is 5.91 Å². The van der Waals surface area contributed by atoms with Crippen molar-refractivity contribution in [2.24, 2.45) is 5.41 Å². The van der Waals surface area contributed by atoms with Gasteiger partial charge in [-0.05, 0) is 23.1 Å². The van der Waals surface area contributed by atoms with Crippen LogP contribution in [0.5, 0.6) is 11.5 Å². The Morgan fingerprint density at radius 2 is 1.90 bits per heavy atom. The number of amides is 1. The molecule has 2 aromatic rings. The normalized spacial score (nSPS) is 21.4. The highest BCUT2D eigenvalue weighted by atomic mass is 35.5. The predicted octanol–water partition coefficient (Wildman–Crippen LogP) is 5.03. The average Bonchev–Trinajstić information content (AvgIpc) is 2.76. The number of carboxylic acids is 1. The molecule has 2 unspecified atom stereocenters. The number of alkyl halides is 1. The van der Waals surface area contributed by atoms with Crippen molar-refractivity contribution in [1.29, 1.82) is 0 Å². The molecule has 0 fully saturated rings. The number of phenols is 1. The average molecular weight is 464 g/mol. The van der Waals surface area contributed by atoms with Gasteiger partial charge in [-0.25, -0.2) is 0 Å². The number of aliphatic carboxylic acids is 1. The van der Waals surface area contributed by atoms with Crippen LogP contribution in [-0.4, -0.2) is 40.0 Å². The number of hydrogen-bond acceptors (Lipinski definition) is 5. The van der Waals surface area contributed by atoms with Crippen molar-refractivity contribution in [3.8, 4) is 11.5 Å². The minimum atomic E-state index is -1.72. The molecule has 1 heterocycles. The molecule has 0 saturated heterocycles. The third-order valence-electron chi connectivity index (χ3n) is 4.89. The predicted molar refractivity (Wildman–Crippen MR) is 123 cm³/mol. The Morgan fingerprint density at radius 3 is 2.52 bits per heavy atom. The second kappa shape index (κ2) is 8.63. The Bertz CT molecular complexity index is 1010. The Kier molecular flexibility index (Phi) is 6.48. The van der Waals surface area contributed by atoms with Crippen molar-refractivity contribution in [3.63, 3.8) is 0 Å². The summed E-state index contributed by atoms with van der Waals surface area (Å²) in [4.78, 5) is 26.9. The van der Waals surface area contributed by atoms with E-state index in [1.165, 1.54) is 19.2 Å². The number of carbonyl (C=O) groups excluding carboxylic acids is 1. The quantitative estimate of drug-likeness (QED) is 0.605. The molecule has 2 N–H and O–H groups in total. The smallest absolute Gasteiger partial charge is 0.306 e. The molecule has 166 valence electrons. The van der Waals surface area contributed by atoms with Crippen LogP contribution in [0.2, 0.25) is 0 Å². The fourth-order valence-corrected chi connectivity index (χ4v) is 5.58. The lowest BCUT2D eigenvalue weighted by atomic mass is 9.94. The minimum Gasteiger partial charge on any atom is -0.508 e. The highest BCUT2D eigenvalue weighted by molar-refractivity contribution is 8.03. The standard InChI is InChI=1S/C23H26ClNO5S/c1-22(2,3)13-25-17-8-6-5-7-15(17)20(16-10-9-14(26)11-18(16)30-4)31-23(24,21(25)29)12-19(27)28/h5-11,20,26H,12-13H2,1-4H3,(H,27,28). The van der Waals surface area contributed by atoms with E-state index in [2.05, 4.69) is 0 Å². The van der Waals surface area contributed by atoms with Gasteiger partial charge in [0, 0.05) is 23.9 Å². The monoisotopic (exact) mass is 463 g/mol. The van der Waals surface area contributed by atoms with Gasteiger partial charge in [0.1, 0.15) is 11.5 Å². The fourth-order valence-electron chi connectivity index (χ4n) is 3.66. The highest BCUT2D eigenvalue weighted by Gasteiger charge is 2.49. The lowest BCUT2D eigenvalue weighted by Crippen LogP contribution is -2.47. The molecule has 0 aromatic heterocycles. The van der Waals surface area contributed by atoms with E-state index in [1.54, 1.807) is 11.0 Å². The number of thioether (sulfide) groups is 1. The van der Waals surface area contributed by atoms with Crippen LogP contribution < -0.4 is 9.64 Å². The van der Waals surface area contributed by atoms with Gasteiger partial charge in [-0.3, -0.25) is 9.59 Å². The molecule has 3 rings (SSSR count). The summed E-state index contributed by atoms with van der Waals surface area (Å²) in [6.07, 6.45) is -0.538. The maximum atomic E-state index is 13.7. The molecule has 2 aromatic carbocycles. The molecule has 31 heavy (non-hydrogen) atoms. The van der Waals surface area contributed by atoms with Gasteiger partial charge < -0.3 is 19.8 Å². The van der Waals surface area contributed by atoms with E-state index in [4.69, 9.17) is 16.3 Å². The number of nitrogens with zero attached hydrogens (tertiary/aromatic N) is 1. The SMILES string of the molecule is COc1cc(O)ccc1C1SC(Cl)(CC(=O)O)C(=O)N(CC(C)(C)C)c2ccccc21. The Labute approximate surface area is 191 Å². The first kappa shape index (κ1) is 23.3. The first-order valence-corrected chi connectivity index (χ1v) is 11.1. The molecule has 1 aliphatic rings. The van der Waals surface area contributed by atoms with Crippen molar-refractivity contribution in [2.75, 3.05) is 18.6 Å². The van der Waals surface area contributed by atoms with Crippen molar-refractivity contribution in [2.45, 2.75) is 36.6 Å². The van der Waals surface area contributed by atoms with E-state index < -0.39 is 27.8 Å². The summed E-state index contributed by atoms with van der Waals surface area (Å²) in [6.45, 7) is 6.40. The van der Waals surface area contributed by atoms with Crippen LogP contribution in [0.15, 0.2) is 42.5 Å². The summed E-state index contributed by atoms with van der Waals surface area (Å²) in [7, 11) is 1.49. The molecule has 8 heteroatoms. The zero-order chi connectivity index (χ0) is 23.0. The number of hydrogen-bond donors (Lipinski definition) is 2. The summed E-state index contributed by atoms with van der Waals surface area (Å²) in [6, 6.07) is 12.2. The first-order valence-electron chi connectivity index (χ1n) is 9.81. The molecule has 6 nitrogen and oxygen atoms in total. The summed E-state index contributed by atoms with van der Waals surface area (Å²) in [5, 5.41) is 19.0. The topological polar surface area (TPSA) is 87.1 Å². The van der Waals surface area contributed by atoms with Gasteiger partial charge in [-0.15, -0.1) is 11.8 Å². The van der Waals surface area contributed by atoms with Crippen LogP contribution >= 0.6 is 23.4 Å². The third kappa shape index (κ3) is 4.93. The number of ether oxygens (including phenoxy) is 1. The number of aromatic hydroxyl groups is 1. The van der Waals surface area contributed by atoms with E-state index in [-0.39, 0.29) is 11.2 Å². The molecule has 1 amide bonds. The summed E-state index contributed by atoms with van der Waals surface area (Å²) >= 11 is 7.89. The van der Waals surface area contributed by atoms with E-state index in [9.17, 15) is 19.8 Å². The largest absolute Gasteiger partial charge is 0.508 e. The Balaban J connectivity index is 2.27. The van der Waals surface area contributed by atoms with Crippen LogP contribution in [0.25, 0.3) is 0 Å². The molecule has 0 aliphatic carbocycles. The molecule has 0 radical (unpaired) electrons. The van der Waals surface area contributed by atoms with E-state index >= 15 is 0 Å². The van der Waals surface area contributed by atoms with Gasteiger partial charge >= 0.3 is 5.97 Å². The van der Waals surface area contributed by atoms with E-state index in [1.807, 2.05) is 45.0 Å². The van der Waals surface area contributed by atoms with Crippen molar-refractivity contribution < 1.29 is 24.5 Å². The van der Waals surface area contributed by atoms with Crippen LogP contribution in [-0.2, 0) is 9.59 Å². The lowest BCUT2D eigenvalue weighted by Gasteiger charge is -2.33. The first-order chi connectivity index (χ1) is 14.4. The number of phenolic OH excluding ortho intramolecular Hbond substituents is 1. The van der Waals surface area contributed by atoms with Gasteiger partial charge in [-0.2, -0.15) is 0 Å². The molecular formula is C23H26ClNO5S.